The number of benzene rings is 2. The summed E-state index contributed by atoms with van der Waals surface area (Å²) in [6, 6.07) is 16.4. The normalized spacial score (nSPS) is 11.4. The molecule has 3 heterocycles. The summed E-state index contributed by atoms with van der Waals surface area (Å²) in [5.74, 6) is -0.234. The van der Waals surface area contributed by atoms with Crippen LogP contribution in [0.15, 0.2) is 70.4 Å². The predicted molar refractivity (Wildman–Crippen MR) is 128 cm³/mol. The number of carbonyl (C=O) groups excluding carboxylic acids is 1. The molecule has 0 bridgehead atoms. The van der Waals surface area contributed by atoms with Crippen molar-refractivity contribution in [1.82, 2.24) is 23.1 Å². The molecular weight excluding hydrogens is 458 g/mol. The van der Waals surface area contributed by atoms with E-state index >= 15 is 0 Å². The summed E-state index contributed by atoms with van der Waals surface area (Å²) in [7, 11) is 1.51. The van der Waals surface area contributed by atoms with Gasteiger partial charge in [-0.15, -0.1) is 0 Å². The molecule has 10 heteroatoms. The van der Waals surface area contributed by atoms with Gasteiger partial charge in [-0.05, 0) is 30.7 Å². The van der Waals surface area contributed by atoms with Gasteiger partial charge >= 0.3 is 11.7 Å². The van der Waals surface area contributed by atoms with Crippen LogP contribution in [0.4, 0.5) is 0 Å². The third-order valence-electron chi connectivity index (χ3n) is 5.62. The van der Waals surface area contributed by atoms with E-state index in [1.165, 1.54) is 11.6 Å². The standard InChI is InChI=1S/C24H20ClN5O4/c1-15-12-28-20-21(26-23(28)30(15)18-10-6-9-17(25)11-18)27(2)24(33)29(22(20)32)13-19(31)34-14-16-7-4-3-5-8-16/h3-12H,13-14H2,1-2H3. The molecule has 0 fully saturated rings. The molecule has 0 aliphatic carbocycles. The van der Waals surface area contributed by atoms with Crippen molar-refractivity contribution in [2.75, 3.05) is 0 Å². The number of imidazole rings is 2. The molecule has 5 rings (SSSR count). The molecule has 0 amide bonds. The lowest BCUT2D eigenvalue weighted by Gasteiger charge is -2.08. The Bertz CT molecular complexity index is 1680. The first-order chi connectivity index (χ1) is 16.3. The summed E-state index contributed by atoms with van der Waals surface area (Å²) in [6.45, 7) is 1.42. The van der Waals surface area contributed by atoms with E-state index in [2.05, 4.69) is 4.98 Å². The molecule has 5 aromatic rings. The number of fused-ring (bicyclic) bond motifs is 3. The van der Waals surface area contributed by atoms with Gasteiger partial charge < -0.3 is 4.74 Å². The van der Waals surface area contributed by atoms with Crippen LogP contribution in [0.1, 0.15) is 11.3 Å². The van der Waals surface area contributed by atoms with Crippen molar-refractivity contribution < 1.29 is 9.53 Å². The van der Waals surface area contributed by atoms with Gasteiger partial charge in [0.05, 0.1) is 5.69 Å². The summed E-state index contributed by atoms with van der Waals surface area (Å²) < 4.78 is 10.9. The summed E-state index contributed by atoms with van der Waals surface area (Å²) >= 11 is 6.17. The maximum Gasteiger partial charge on any atom is 0.333 e. The van der Waals surface area contributed by atoms with E-state index in [0.29, 0.717) is 10.8 Å². The van der Waals surface area contributed by atoms with Crippen LogP contribution in [-0.4, -0.2) is 29.1 Å². The first-order valence-electron chi connectivity index (χ1n) is 10.5. The highest BCUT2D eigenvalue weighted by Gasteiger charge is 2.22. The van der Waals surface area contributed by atoms with Gasteiger partial charge in [-0.2, -0.15) is 4.98 Å². The van der Waals surface area contributed by atoms with Crippen LogP contribution < -0.4 is 11.2 Å². The fourth-order valence-corrected chi connectivity index (χ4v) is 4.18. The molecule has 0 unspecified atom stereocenters. The van der Waals surface area contributed by atoms with E-state index in [1.54, 1.807) is 22.7 Å². The maximum atomic E-state index is 13.3. The first-order valence-corrected chi connectivity index (χ1v) is 10.9. The minimum absolute atomic E-state index is 0.0512. The van der Waals surface area contributed by atoms with E-state index in [1.807, 2.05) is 54.0 Å². The number of ether oxygens (including phenoxy) is 1. The van der Waals surface area contributed by atoms with E-state index < -0.39 is 23.8 Å². The van der Waals surface area contributed by atoms with Crippen LogP contribution in [-0.2, 0) is 29.7 Å². The molecule has 0 saturated heterocycles. The number of aryl methyl sites for hydroxylation is 2. The number of hydrogen-bond donors (Lipinski definition) is 0. The molecule has 0 atom stereocenters. The number of aromatic nitrogens is 5. The highest BCUT2D eigenvalue weighted by atomic mass is 35.5. The van der Waals surface area contributed by atoms with E-state index in [9.17, 15) is 14.4 Å². The fraction of sp³-hybridized carbons (Fsp3) is 0.167. The summed E-state index contributed by atoms with van der Waals surface area (Å²) in [5.41, 5.74) is 1.53. The number of carbonyl (C=O) groups is 1. The monoisotopic (exact) mass is 477 g/mol. The highest BCUT2D eigenvalue weighted by Crippen LogP contribution is 2.22. The average molecular weight is 478 g/mol. The topological polar surface area (TPSA) is 92.5 Å². The Morgan fingerprint density at radius 2 is 1.85 bits per heavy atom. The molecule has 0 aliphatic rings. The minimum atomic E-state index is -0.684. The molecule has 2 aromatic carbocycles. The molecule has 172 valence electrons. The molecule has 0 spiro atoms. The Morgan fingerprint density at radius 3 is 2.59 bits per heavy atom. The van der Waals surface area contributed by atoms with Crippen molar-refractivity contribution in [2.24, 2.45) is 7.05 Å². The lowest BCUT2D eigenvalue weighted by Crippen LogP contribution is -2.41. The van der Waals surface area contributed by atoms with Crippen molar-refractivity contribution in [1.29, 1.82) is 0 Å². The molecule has 0 aliphatic heterocycles. The van der Waals surface area contributed by atoms with E-state index in [-0.39, 0.29) is 17.8 Å². The molecular formula is C24H20ClN5O4. The lowest BCUT2D eigenvalue weighted by atomic mass is 10.2. The van der Waals surface area contributed by atoms with Gasteiger partial charge in [-0.3, -0.25) is 23.1 Å². The van der Waals surface area contributed by atoms with Crippen molar-refractivity contribution in [3.8, 4) is 5.69 Å². The molecule has 3 aromatic heterocycles. The first kappa shape index (κ1) is 21.7. The Kier molecular flexibility index (Phi) is 5.33. The minimum Gasteiger partial charge on any atom is -0.459 e. The molecule has 34 heavy (non-hydrogen) atoms. The van der Waals surface area contributed by atoms with Gasteiger partial charge in [-0.25, -0.2) is 9.36 Å². The van der Waals surface area contributed by atoms with Gasteiger partial charge in [0.2, 0.25) is 5.78 Å². The van der Waals surface area contributed by atoms with Crippen LogP contribution in [0, 0.1) is 6.92 Å². The zero-order valence-corrected chi connectivity index (χ0v) is 19.2. The molecule has 0 N–H and O–H groups in total. The molecule has 9 nitrogen and oxygen atoms in total. The number of nitrogens with zero attached hydrogens (tertiary/aromatic N) is 5. The largest absolute Gasteiger partial charge is 0.459 e. The SMILES string of the molecule is Cc1cn2c3c(=O)n(CC(=O)OCc4ccccc4)c(=O)n(C)c3nc2n1-c1cccc(Cl)c1. The Labute approximate surface area is 198 Å². The van der Waals surface area contributed by atoms with Gasteiger partial charge in [0, 0.05) is 24.0 Å². The number of esters is 1. The van der Waals surface area contributed by atoms with Crippen LogP contribution in [0.3, 0.4) is 0 Å². The van der Waals surface area contributed by atoms with Crippen molar-refractivity contribution in [3.63, 3.8) is 0 Å². The summed E-state index contributed by atoms with van der Waals surface area (Å²) in [6.07, 6.45) is 1.76. The summed E-state index contributed by atoms with van der Waals surface area (Å²) in [5, 5.41) is 0.559. The van der Waals surface area contributed by atoms with Crippen LogP contribution in [0.5, 0.6) is 0 Å². The van der Waals surface area contributed by atoms with Crippen LogP contribution >= 0.6 is 11.6 Å². The average Bonchev–Trinajstić information content (AvgIpc) is 3.34. The Balaban J connectivity index is 1.59. The number of rotatable bonds is 5. The zero-order chi connectivity index (χ0) is 24.0. The van der Waals surface area contributed by atoms with Crippen molar-refractivity contribution >= 4 is 34.5 Å². The van der Waals surface area contributed by atoms with Crippen molar-refractivity contribution in [3.05, 3.63) is 97.9 Å². The quantitative estimate of drug-likeness (QED) is 0.363. The zero-order valence-electron chi connectivity index (χ0n) is 18.4. The molecule has 0 radical (unpaired) electrons. The third-order valence-corrected chi connectivity index (χ3v) is 5.86. The fourth-order valence-electron chi connectivity index (χ4n) is 4.00. The predicted octanol–water partition coefficient (Wildman–Crippen LogP) is 2.84. The lowest BCUT2D eigenvalue weighted by molar-refractivity contribution is -0.145. The van der Waals surface area contributed by atoms with Gasteiger partial charge in [0.25, 0.3) is 5.56 Å². The molecule has 0 saturated carbocycles. The van der Waals surface area contributed by atoms with E-state index in [4.69, 9.17) is 16.3 Å². The van der Waals surface area contributed by atoms with E-state index in [0.717, 1.165) is 21.5 Å². The number of hydrogen-bond acceptors (Lipinski definition) is 5. The number of halogens is 1. The smallest absolute Gasteiger partial charge is 0.333 e. The summed E-state index contributed by atoms with van der Waals surface area (Å²) in [4.78, 5) is 43.3. The van der Waals surface area contributed by atoms with Gasteiger partial charge in [0.15, 0.2) is 11.2 Å². The highest BCUT2D eigenvalue weighted by molar-refractivity contribution is 6.30. The van der Waals surface area contributed by atoms with Crippen LogP contribution in [0.2, 0.25) is 5.02 Å². The maximum absolute atomic E-state index is 13.3. The second kappa shape index (κ2) is 8.35. The second-order valence-corrected chi connectivity index (χ2v) is 8.36. The van der Waals surface area contributed by atoms with Crippen molar-refractivity contribution in [2.45, 2.75) is 20.1 Å². The second-order valence-electron chi connectivity index (χ2n) is 7.92. The van der Waals surface area contributed by atoms with Gasteiger partial charge in [-0.1, -0.05) is 48.0 Å². The van der Waals surface area contributed by atoms with Crippen LogP contribution in [0.25, 0.3) is 22.6 Å². The van der Waals surface area contributed by atoms with Gasteiger partial charge in [0.1, 0.15) is 13.2 Å². The Morgan fingerprint density at radius 1 is 1.09 bits per heavy atom. The third kappa shape index (κ3) is 3.60. The Hall–Kier alpha value is -4.11.